The first kappa shape index (κ1) is 9.77. The van der Waals surface area contributed by atoms with Crippen molar-refractivity contribution in [3.8, 4) is 5.75 Å². The van der Waals surface area contributed by atoms with Gasteiger partial charge < -0.3 is 15.8 Å². The molecule has 5 nitrogen and oxygen atoms in total. The van der Waals surface area contributed by atoms with Crippen molar-refractivity contribution in [3.05, 3.63) is 18.2 Å². The largest absolute Gasteiger partial charge is 0.485 e. The van der Waals surface area contributed by atoms with Crippen molar-refractivity contribution in [3.63, 3.8) is 0 Å². The maximum absolute atomic E-state index is 11.5. The summed E-state index contributed by atoms with van der Waals surface area (Å²) in [6.07, 6.45) is -0.277. The van der Waals surface area contributed by atoms with Gasteiger partial charge in [-0.25, -0.2) is 8.42 Å². The van der Waals surface area contributed by atoms with Gasteiger partial charge in [0.2, 0.25) is 0 Å². The maximum atomic E-state index is 11.5. The first-order chi connectivity index (χ1) is 7.53. The Labute approximate surface area is 93.5 Å². The van der Waals surface area contributed by atoms with Crippen molar-refractivity contribution >= 4 is 21.2 Å². The minimum Gasteiger partial charge on any atom is -0.485 e. The molecule has 2 aliphatic rings. The molecule has 2 atom stereocenters. The van der Waals surface area contributed by atoms with Gasteiger partial charge in [-0.2, -0.15) is 0 Å². The van der Waals surface area contributed by atoms with Crippen LogP contribution in [-0.4, -0.2) is 32.1 Å². The van der Waals surface area contributed by atoms with Gasteiger partial charge >= 0.3 is 0 Å². The van der Waals surface area contributed by atoms with Crippen molar-refractivity contribution < 1.29 is 13.2 Å². The van der Waals surface area contributed by atoms with Crippen LogP contribution in [0.2, 0.25) is 0 Å². The second-order valence-electron chi connectivity index (χ2n) is 4.24. The molecule has 2 aliphatic heterocycles. The van der Waals surface area contributed by atoms with Crippen LogP contribution in [0.25, 0.3) is 0 Å². The number of benzene rings is 1. The summed E-state index contributed by atoms with van der Waals surface area (Å²) in [7, 11) is -2.98. The van der Waals surface area contributed by atoms with Gasteiger partial charge in [0.15, 0.2) is 9.84 Å². The molecule has 0 bridgehead atoms. The van der Waals surface area contributed by atoms with E-state index < -0.39 is 9.84 Å². The molecule has 2 unspecified atom stereocenters. The van der Waals surface area contributed by atoms with E-state index in [1.54, 1.807) is 18.2 Å². The molecule has 16 heavy (non-hydrogen) atoms. The number of hydrogen-bond donors (Lipinski definition) is 2. The van der Waals surface area contributed by atoms with Crippen molar-refractivity contribution in [2.24, 2.45) is 0 Å². The Hall–Kier alpha value is -1.43. The second kappa shape index (κ2) is 3.04. The Morgan fingerprint density at radius 2 is 2.19 bits per heavy atom. The minimum atomic E-state index is -2.98. The molecule has 3 rings (SSSR count). The number of nitrogens with two attached hydrogens (primary N) is 1. The van der Waals surface area contributed by atoms with Crippen LogP contribution in [0.5, 0.6) is 5.75 Å². The van der Waals surface area contributed by atoms with Gasteiger partial charge in [0.05, 0.1) is 23.2 Å². The van der Waals surface area contributed by atoms with E-state index >= 15 is 0 Å². The number of ether oxygens (including phenoxy) is 1. The second-order valence-corrected chi connectivity index (χ2v) is 6.39. The molecule has 0 amide bonds. The smallest absolute Gasteiger partial charge is 0.156 e. The third kappa shape index (κ3) is 1.49. The number of sulfone groups is 1. The molecule has 0 saturated carbocycles. The highest BCUT2D eigenvalue weighted by atomic mass is 32.2. The molecule has 0 radical (unpaired) electrons. The van der Waals surface area contributed by atoms with Crippen LogP contribution < -0.4 is 15.8 Å². The number of hydrogen-bond acceptors (Lipinski definition) is 5. The van der Waals surface area contributed by atoms with Crippen LogP contribution in [0.3, 0.4) is 0 Å². The summed E-state index contributed by atoms with van der Waals surface area (Å²) >= 11 is 0. The predicted octanol–water partition coefficient (Wildman–Crippen LogP) is 0.239. The fourth-order valence-electron chi connectivity index (χ4n) is 2.19. The van der Waals surface area contributed by atoms with E-state index in [0.717, 1.165) is 5.69 Å². The monoisotopic (exact) mass is 240 g/mol. The van der Waals surface area contributed by atoms with E-state index in [1.807, 2.05) is 0 Å². The lowest BCUT2D eigenvalue weighted by Crippen LogP contribution is -2.40. The van der Waals surface area contributed by atoms with Gasteiger partial charge in [-0.3, -0.25) is 0 Å². The van der Waals surface area contributed by atoms with Crippen LogP contribution in [-0.2, 0) is 9.84 Å². The standard InChI is InChI=1S/C10H12N2O3S/c11-6-1-2-9-7(3-6)12-8-4-16(13,14)5-10(8)15-9/h1-3,8,10,12H,4-5,11H2. The lowest BCUT2D eigenvalue weighted by Gasteiger charge is -2.29. The lowest BCUT2D eigenvalue weighted by molar-refractivity contribution is 0.206. The molecular formula is C10H12N2O3S. The van der Waals surface area contributed by atoms with Crippen molar-refractivity contribution in [1.29, 1.82) is 0 Å². The molecule has 0 spiro atoms. The van der Waals surface area contributed by atoms with Crippen LogP contribution in [0.1, 0.15) is 0 Å². The highest BCUT2D eigenvalue weighted by molar-refractivity contribution is 7.91. The highest BCUT2D eigenvalue weighted by Crippen LogP contribution is 2.35. The molecule has 2 heterocycles. The van der Waals surface area contributed by atoms with E-state index in [0.29, 0.717) is 11.4 Å². The summed E-state index contributed by atoms with van der Waals surface area (Å²) in [5, 5.41) is 3.17. The first-order valence-electron chi connectivity index (χ1n) is 5.07. The molecule has 1 saturated heterocycles. The van der Waals surface area contributed by atoms with Gasteiger partial charge in [-0.15, -0.1) is 0 Å². The summed E-state index contributed by atoms with van der Waals surface area (Å²) in [6.45, 7) is 0. The number of nitrogen functional groups attached to an aromatic ring is 1. The number of rotatable bonds is 0. The Kier molecular flexibility index (Phi) is 1.85. The summed E-state index contributed by atoms with van der Waals surface area (Å²) in [6, 6.07) is 5.11. The number of nitrogens with one attached hydrogen (secondary N) is 1. The van der Waals surface area contributed by atoms with E-state index in [-0.39, 0.29) is 23.7 Å². The minimum absolute atomic E-state index is 0.0917. The molecule has 6 heteroatoms. The summed E-state index contributed by atoms with van der Waals surface area (Å²) in [5.74, 6) is 0.896. The zero-order chi connectivity index (χ0) is 11.3. The number of anilines is 2. The van der Waals surface area contributed by atoms with Gasteiger partial charge in [0, 0.05) is 5.69 Å². The quantitative estimate of drug-likeness (QED) is 0.635. The molecule has 1 fully saturated rings. The van der Waals surface area contributed by atoms with Gasteiger partial charge in [-0.1, -0.05) is 0 Å². The zero-order valence-corrected chi connectivity index (χ0v) is 9.33. The van der Waals surface area contributed by atoms with Gasteiger partial charge in [0.1, 0.15) is 11.9 Å². The average Bonchev–Trinajstić information content (AvgIpc) is 2.47. The summed E-state index contributed by atoms with van der Waals surface area (Å²) in [4.78, 5) is 0. The highest BCUT2D eigenvalue weighted by Gasteiger charge is 2.42. The van der Waals surface area contributed by atoms with E-state index in [2.05, 4.69) is 5.32 Å². The molecular weight excluding hydrogens is 228 g/mol. The van der Waals surface area contributed by atoms with Crippen LogP contribution in [0, 0.1) is 0 Å². The molecule has 3 N–H and O–H groups in total. The Morgan fingerprint density at radius 3 is 3.00 bits per heavy atom. The number of fused-ring (bicyclic) bond motifs is 2. The van der Waals surface area contributed by atoms with Crippen molar-refractivity contribution in [2.75, 3.05) is 22.6 Å². The van der Waals surface area contributed by atoms with E-state index in [1.165, 1.54) is 0 Å². The van der Waals surface area contributed by atoms with E-state index in [4.69, 9.17) is 10.5 Å². The lowest BCUT2D eigenvalue weighted by atomic mass is 10.1. The Balaban J connectivity index is 1.97. The predicted molar refractivity (Wildman–Crippen MR) is 61.3 cm³/mol. The fourth-order valence-corrected chi connectivity index (χ4v) is 3.97. The van der Waals surface area contributed by atoms with Crippen LogP contribution in [0.4, 0.5) is 11.4 Å². The third-order valence-corrected chi connectivity index (χ3v) is 4.63. The van der Waals surface area contributed by atoms with Crippen molar-refractivity contribution in [2.45, 2.75) is 12.1 Å². The maximum Gasteiger partial charge on any atom is 0.156 e. The van der Waals surface area contributed by atoms with Gasteiger partial charge in [0.25, 0.3) is 0 Å². The SMILES string of the molecule is Nc1ccc2c(c1)NC1CS(=O)(=O)CC1O2. The third-order valence-electron chi connectivity index (χ3n) is 2.92. The molecule has 0 aromatic heterocycles. The Bertz CT molecular complexity index is 541. The topological polar surface area (TPSA) is 81.4 Å². The Morgan fingerprint density at radius 1 is 1.38 bits per heavy atom. The molecule has 86 valence electrons. The van der Waals surface area contributed by atoms with Gasteiger partial charge in [-0.05, 0) is 18.2 Å². The van der Waals surface area contributed by atoms with Crippen LogP contribution in [0.15, 0.2) is 18.2 Å². The summed E-state index contributed by atoms with van der Waals surface area (Å²) < 4.78 is 28.6. The fraction of sp³-hybridized carbons (Fsp3) is 0.400. The average molecular weight is 240 g/mol. The molecule has 1 aromatic carbocycles. The first-order valence-corrected chi connectivity index (χ1v) is 6.89. The molecule has 0 aliphatic carbocycles. The summed E-state index contributed by atoms with van der Waals surface area (Å²) in [5.41, 5.74) is 7.07. The van der Waals surface area contributed by atoms with Crippen molar-refractivity contribution in [1.82, 2.24) is 0 Å². The van der Waals surface area contributed by atoms with E-state index in [9.17, 15) is 8.42 Å². The normalized spacial score (nSPS) is 29.8. The van der Waals surface area contributed by atoms with Crippen LogP contribution >= 0.6 is 0 Å². The molecule has 1 aromatic rings. The zero-order valence-electron chi connectivity index (χ0n) is 8.51.